The average Bonchev–Trinajstić information content (AvgIpc) is 2.99. The highest BCUT2D eigenvalue weighted by atomic mass is 32.2. The summed E-state index contributed by atoms with van der Waals surface area (Å²) >= 11 is 0. The largest absolute Gasteiger partial charge is 0.266 e. The maximum absolute atomic E-state index is 12.7. The van der Waals surface area contributed by atoms with E-state index < -0.39 is 23.0 Å². The number of aromatic nitrogens is 2. The summed E-state index contributed by atoms with van der Waals surface area (Å²) in [4.78, 5) is -0.105. The van der Waals surface area contributed by atoms with Gasteiger partial charge in [0.05, 0.1) is 12.2 Å². The van der Waals surface area contributed by atoms with E-state index in [1.165, 1.54) is 0 Å². The van der Waals surface area contributed by atoms with Gasteiger partial charge in [0.25, 0.3) is 6.43 Å². The molecule has 1 heterocycles. The Hall–Kier alpha value is -1.80. The zero-order chi connectivity index (χ0) is 18.2. The molecule has 2 aromatic rings. The topological polar surface area (TPSA) is 64.0 Å². The summed E-state index contributed by atoms with van der Waals surface area (Å²) in [6.07, 6.45) is 1.39. The molecule has 5 nitrogen and oxygen atoms in total. The Morgan fingerprint density at radius 1 is 1.36 bits per heavy atom. The van der Waals surface area contributed by atoms with Gasteiger partial charge in [-0.2, -0.15) is 5.10 Å². The van der Waals surface area contributed by atoms with E-state index in [1.54, 1.807) is 0 Å². The Labute approximate surface area is 146 Å². The van der Waals surface area contributed by atoms with Crippen LogP contribution in [0.5, 0.6) is 0 Å². The molecule has 1 aromatic heterocycles. The number of alkyl halides is 2. The van der Waals surface area contributed by atoms with Crippen molar-refractivity contribution in [2.24, 2.45) is 5.41 Å². The molecule has 136 valence electrons. The van der Waals surface area contributed by atoms with Crippen LogP contribution in [-0.2, 0) is 23.0 Å². The van der Waals surface area contributed by atoms with Gasteiger partial charge in [-0.3, -0.25) is 4.68 Å². The van der Waals surface area contributed by atoms with Crippen molar-refractivity contribution >= 4 is 10.0 Å². The van der Waals surface area contributed by atoms with Gasteiger partial charge in [0.15, 0.2) is 0 Å². The fourth-order valence-corrected chi connectivity index (χ4v) is 4.58. The monoisotopic (exact) mass is 369 g/mol. The second-order valence-corrected chi connectivity index (χ2v) is 8.74. The Balaban J connectivity index is 1.90. The van der Waals surface area contributed by atoms with E-state index in [-0.39, 0.29) is 16.4 Å². The van der Waals surface area contributed by atoms with Gasteiger partial charge in [-0.25, -0.2) is 21.9 Å². The van der Waals surface area contributed by atoms with Crippen molar-refractivity contribution in [1.82, 2.24) is 14.5 Å². The molecule has 0 radical (unpaired) electrons. The second kappa shape index (κ2) is 6.49. The van der Waals surface area contributed by atoms with Crippen LogP contribution in [0.25, 0.3) is 0 Å². The molecule has 8 heteroatoms. The Morgan fingerprint density at radius 3 is 2.80 bits per heavy atom. The number of nitrogens with one attached hydrogen (secondary N) is 1. The van der Waals surface area contributed by atoms with Crippen LogP contribution in [0.1, 0.15) is 37.4 Å². The van der Waals surface area contributed by atoms with Gasteiger partial charge in [0.1, 0.15) is 11.4 Å². The molecule has 0 aliphatic heterocycles. The summed E-state index contributed by atoms with van der Waals surface area (Å²) < 4.78 is 54.1. The Morgan fingerprint density at radius 2 is 2.08 bits per heavy atom. The number of rotatable bonds is 5. The number of hydrogen-bond donors (Lipinski definition) is 1. The lowest BCUT2D eigenvalue weighted by molar-refractivity contribution is 0.121. The molecule has 0 spiro atoms. The highest BCUT2D eigenvalue weighted by molar-refractivity contribution is 7.89. The Kier molecular flexibility index (Phi) is 4.68. The van der Waals surface area contributed by atoms with Gasteiger partial charge in [0.2, 0.25) is 10.0 Å². The van der Waals surface area contributed by atoms with Gasteiger partial charge in [-0.05, 0) is 29.4 Å². The number of sulfonamides is 1. The standard InChI is InChI=1S/C17H21F2N3O2S/c1-17(2)8-7-12-5-3-4-6-14(12)16(17)21-25(23,24)13-9-20-22(10-13)11-15(18)19/h3-6,9-10,15-16,21H,7-8,11H2,1-2H3/t16-/m1/s1. The summed E-state index contributed by atoms with van der Waals surface area (Å²) in [5.41, 5.74) is 1.82. The van der Waals surface area contributed by atoms with E-state index in [1.807, 2.05) is 38.1 Å². The quantitative estimate of drug-likeness (QED) is 0.881. The molecule has 0 unspecified atom stereocenters. The van der Waals surface area contributed by atoms with E-state index in [0.717, 1.165) is 41.0 Å². The number of aryl methyl sites for hydroxylation is 1. The molecule has 0 saturated carbocycles. The summed E-state index contributed by atoms with van der Waals surface area (Å²) in [6, 6.07) is 7.39. The van der Waals surface area contributed by atoms with Crippen LogP contribution < -0.4 is 4.72 Å². The van der Waals surface area contributed by atoms with Crippen LogP contribution in [0.3, 0.4) is 0 Å². The predicted molar refractivity (Wildman–Crippen MR) is 89.8 cm³/mol. The van der Waals surface area contributed by atoms with Crippen molar-refractivity contribution in [2.75, 3.05) is 0 Å². The van der Waals surface area contributed by atoms with Gasteiger partial charge >= 0.3 is 0 Å². The maximum Gasteiger partial charge on any atom is 0.257 e. The minimum absolute atomic E-state index is 0.105. The average molecular weight is 369 g/mol. The van der Waals surface area contributed by atoms with E-state index >= 15 is 0 Å². The molecule has 1 aromatic carbocycles. The maximum atomic E-state index is 12.7. The first-order valence-corrected chi connectivity index (χ1v) is 9.58. The van der Waals surface area contributed by atoms with Crippen molar-refractivity contribution in [3.63, 3.8) is 0 Å². The molecule has 3 rings (SSSR count). The van der Waals surface area contributed by atoms with Crippen LogP contribution in [-0.4, -0.2) is 24.6 Å². The second-order valence-electron chi connectivity index (χ2n) is 7.03. The van der Waals surface area contributed by atoms with Crippen molar-refractivity contribution in [3.8, 4) is 0 Å². The summed E-state index contributed by atoms with van der Waals surface area (Å²) in [7, 11) is -3.87. The van der Waals surface area contributed by atoms with E-state index in [2.05, 4.69) is 9.82 Å². The number of halogens is 2. The lowest BCUT2D eigenvalue weighted by atomic mass is 9.71. The molecule has 1 aliphatic rings. The fourth-order valence-electron chi connectivity index (χ4n) is 3.24. The van der Waals surface area contributed by atoms with Crippen molar-refractivity contribution in [3.05, 3.63) is 47.8 Å². The molecule has 1 aliphatic carbocycles. The zero-order valence-corrected chi connectivity index (χ0v) is 14.9. The SMILES string of the molecule is CC1(C)CCc2ccccc2[C@H]1NS(=O)(=O)c1cnn(CC(F)F)c1. The minimum atomic E-state index is -3.87. The first kappa shape index (κ1) is 18.0. The zero-order valence-electron chi connectivity index (χ0n) is 14.1. The van der Waals surface area contributed by atoms with Gasteiger partial charge in [0, 0.05) is 6.20 Å². The molecule has 0 fully saturated rings. The minimum Gasteiger partial charge on any atom is -0.266 e. The number of fused-ring (bicyclic) bond motifs is 1. The van der Waals surface area contributed by atoms with Crippen LogP contribution >= 0.6 is 0 Å². The number of hydrogen-bond acceptors (Lipinski definition) is 3. The highest BCUT2D eigenvalue weighted by Crippen LogP contribution is 2.44. The normalized spacial score (nSPS) is 19.8. The van der Waals surface area contributed by atoms with Crippen LogP contribution in [0.2, 0.25) is 0 Å². The van der Waals surface area contributed by atoms with Gasteiger partial charge < -0.3 is 0 Å². The van der Waals surface area contributed by atoms with Crippen LogP contribution in [0.15, 0.2) is 41.6 Å². The van der Waals surface area contributed by atoms with E-state index in [0.29, 0.717) is 0 Å². The summed E-state index contributed by atoms with van der Waals surface area (Å²) in [6.45, 7) is 3.42. The fraction of sp³-hybridized carbons (Fsp3) is 0.471. The molecule has 1 atom stereocenters. The highest BCUT2D eigenvalue weighted by Gasteiger charge is 2.38. The number of benzene rings is 1. The number of nitrogens with zero attached hydrogens (tertiary/aromatic N) is 2. The lowest BCUT2D eigenvalue weighted by Crippen LogP contribution is -2.41. The molecule has 0 bridgehead atoms. The Bertz CT molecular complexity index is 862. The molecular formula is C17H21F2N3O2S. The van der Waals surface area contributed by atoms with E-state index in [9.17, 15) is 17.2 Å². The molecular weight excluding hydrogens is 348 g/mol. The third-order valence-electron chi connectivity index (χ3n) is 4.70. The molecule has 0 amide bonds. The van der Waals surface area contributed by atoms with Crippen LogP contribution in [0, 0.1) is 5.41 Å². The first-order chi connectivity index (χ1) is 11.7. The smallest absolute Gasteiger partial charge is 0.257 e. The van der Waals surface area contributed by atoms with Gasteiger partial charge in [-0.15, -0.1) is 0 Å². The first-order valence-electron chi connectivity index (χ1n) is 8.10. The van der Waals surface area contributed by atoms with Gasteiger partial charge in [-0.1, -0.05) is 38.1 Å². The van der Waals surface area contributed by atoms with Crippen molar-refractivity contribution < 1.29 is 17.2 Å². The third kappa shape index (κ3) is 3.74. The third-order valence-corrected chi connectivity index (χ3v) is 6.08. The van der Waals surface area contributed by atoms with Crippen molar-refractivity contribution in [2.45, 2.75) is 50.6 Å². The summed E-state index contributed by atoms with van der Waals surface area (Å²) in [5, 5.41) is 3.71. The molecule has 25 heavy (non-hydrogen) atoms. The van der Waals surface area contributed by atoms with Crippen LogP contribution in [0.4, 0.5) is 8.78 Å². The lowest BCUT2D eigenvalue weighted by Gasteiger charge is -2.40. The van der Waals surface area contributed by atoms with E-state index in [4.69, 9.17) is 0 Å². The van der Waals surface area contributed by atoms with Crippen molar-refractivity contribution in [1.29, 1.82) is 0 Å². The summed E-state index contributed by atoms with van der Waals surface area (Å²) in [5.74, 6) is 0. The molecule has 0 saturated heterocycles. The molecule has 1 N–H and O–H groups in total. The predicted octanol–water partition coefficient (Wildman–Crippen LogP) is 3.14.